The van der Waals surface area contributed by atoms with Crippen LogP contribution in [-0.2, 0) is 0 Å². The number of aliphatic hydroxyl groups is 1. The van der Waals surface area contributed by atoms with Crippen molar-refractivity contribution in [2.75, 3.05) is 6.61 Å². The van der Waals surface area contributed by atoms with Crippen LogP contribution in [0.15, 0.2) is 12.1 Å². The molecule has 0 aliphatic rings. The number of nitrogens with two attached hydrogens (primary N) is 1. The number of benzene rings is 1. The van der Waals surface area contributed by atoms with Crippen molar-refractivity contribution in [2.24, 2.45) is 5.73 Å². The van der Waals surface area contributed by atoms with E-state index < -0.39 is 23.3 Å². The molecule has 1 rings (SSSR count). The highest BCUT2D eigenvalue weighted by molar-refractivity contribution is 5.85. The molecule has 0 spiro atoms. The molecule has 1 aromatic rings. The maximum absolute atomic E-state index is 9.28. The summed E-state index contributed by atoms with van der Waals surface area (Å²) in [5.74, 6) is -1.55. The van der Waals surface area contributed by atoms with Crippen LogP contribution >= 0.6 is 12.4 Å². The highest BCUT2D eigenvalue weighted by Crippen LogP contribution is 2.38. The standard InChI is InChI=1S/C8H11NO4.ClH/c9-5(3-10)4-1-2-6(11)8(13)7(4)12;/h1-2,5,10-13H,3,9H2;1H/t5-;/m0./s1. The number of halogens is 1. The molecule has 0 radical (unpaired) electrons. The number of aromatic hydroxyl groups is 3. The number of rotatable bonds is 2. The average molecular weight is 222 g/mol. The molecule has 0 unspecified atom stereocenters. The first-order valence-electron chi connectivity index (χ1n) is 3.68. The van der Waals surface area contributed by atoms with Crippen molar-refractivity contribution in [3.63, 3.8) is 0 Å². The van der Waals surface area contributed by atoms with Gasteiger partial charge in [0.15, 0.2) is 11.5 Å². The quantitative estimate of drug-likeness (QED) is 0.459. The lowest BCUT2D eigenvalue weighted by Gasteiger charge is -2.11. The Balaban J connectivity index is 0.00000169. The van der Waals surface area contributed by atoms with Crippen LogP contribution in [0.1, 0.15) is 11.6 Å². The molecule has 0 amide bonds. The van der Waals surface area contributed by atoms with E-state index in [1.165, 1.54) is 12.1 Å². The number of phenols is 3. The highest BCUT2D eigenvalue weighted by Gasteiger charge is 2.15. The zero-order valence-electron chi connectivity index (χ0n) is 7.21. The molecule has 0 fully saturated rings. The van der Waals surface area contributed by atoms with Gasteiger partial charge in [0.1, 0.15) is 0 Å². The summed E-state index contributed by atoms with van der Waals surface area (Å²) in [4.78, 5) is 0. The van der Waals surface area contributed by atoms with E-state index in [1.54, 1.807) is 0 Å². The average Bonchev–Trinajstić information content (AvgIpc) is 2.13. The lowest BCUT2D eigenvalue weighted by Crippen LogP contribution is -2.14. The smallest absolute Gasteiger partial charge is 0.200 e. The van der Waals surface area contributed by atoms with Gasteiger partial charge < -0.3 is 26.2 Å². The predicted molar refractivity (Wildman–Crippen MR) is 52.7 cm³/mol. The van der Waals surface area contributed by atoms with Crippen molar-refractivity contribution in [3.8, 4) is 17.2 Å². The maximum atomic E-state index is 9.28. The Morgan fingerprint density at radius 3 is 2.21 bits per heavy atom. The number of phenolic OH excluding ortho intramolecular Hbond substituents is 3. The minimum atomic E-state index is -0.772. The molecule has 14 heavy (non-hydrogen) atoms. The van der Waals surface area contributed by atoms with Gasteiger partial charge in [-0.3, -0.25) is 0 Å². The van der Waals surface area contributed by atoms with Crippen LogP contribution in [0.3, 0.4) is 0 Å². The Kier molecular flexibility index (Phi) is 4.49. The minimum absolute atomic E-state index is 0. The fourth-order valence-electron chi connectivity index (χ4n) is 0.982. The molecule has 0 saturated carbocycles. The lowest BCUT2D eigenvalue weighted by atomic mass is 10.1. The molecular weight excluding hydrogens is 210 g/mol. The van der Waals surface area contributed by atoms with E-state index >= 15 is 0 Å². The molecule has 0 bridgehead atoms. The number of aliphatic hydroxyl groups excluding tert-OH is 1. The first-order valence-corrected chi connectivity index (χ1v) is 3.68. The third kappa shape index (κ3) is 2.20. The molecule has 5 nitrogen and oxygen atoms in total. The van der Waals surface area contributed by atoms with E-state index in [0.29, 0.717) is 0 Å². The summed E-state index contributed by atoms with van der Waals surface area (Å²) in [6.07, 6.45) is 0. The summed E-state index contributed by atoms with van der Waals surface area (Å²) in [6, 6.07) is 1.76. The molecule has 0 aliphatic heterocycles. The van der Waals surface area contributed by atoms with Crippen molar-refractivity contribution < 1.29 is 20.4 Å². The molecule has 0 saturated heterocycles. The molecule has 80 valence electrons. The fourth-order valence-corrected chi connectivity index (χ4v) is 0.982. The first kappa shape index (κ1) is 12.8. The van der Waals surface area contributed by atoms with Crippen LogP contribution in [0, 0.1) is 0 Å². The van der Waals surface area contributed by atoms with Gasteiger partial charge in [0.25, 0.3) is 0 Å². The topological polar surface area (TPSA) is 107 Å². The largest absolute Gasteiger partial charge is 0.504 e. The monoisotopic (exact) mass is 221 g/mol. The summed E-state index contributed by atoms with van der Waals surface area (Å²) < 4.78 is 0. The van der Waals surface area contributed by atoms with E-state index in [1.807, 2.05) is 0 Å². The van der Waals surface area contributed by atoms with Crippen LogP contribution in [0.2, 0.25) is 0 Å². The molecule has 0 aromatic heterocycles. The Hall–Kier alpha value is -1.17. The van der Waals surface area contributed by atoms with Gasteiger partial charge in [-0.15, -0.1) is 12.4 Å². The van der Waals surface area contributed by atoms with Crippen LogP contribution in [-0.4, -0.2) is 27.0 Å². The van der Waals surface area contributed by atoms with Crippen LogP contribution < -0.4 is 5.73 Å². The van der Waals surface area contributed by atoms with Crippen LogP contribution in [0.4, 0.5) is 0 Å². The second kappa shape index (κ2) is 4.90. The van der Waals surface area contributed by atoms with Gasteiger partial charge in [0.2, 0.25) is 5.75 Å². The molecular formula is C8H12ClNO4. The van der Waals surface area contributed by atoms with Crippen molar-refractivity contribution in [2.45, 2.75) is 6.04 Å². The third-order valence-corrected chi connectivity index (χ3v) is 1.76. The van der Waals surface area contributed by atoms with Gasteiger partial charge in [0, 0.05) is 5.56 Å². The lowest BCUT2D eigenvalue weighted by molar-refractivity contribution is 0.263. The number of hydrogen-bond donors (Lipinski definition) is 5. The van der Waals surface area contributed by atoms with E-state index in [9.17, 15) is 5.11 Å². The summed E-state index contributed by atoms with van der Waals surface area (Å²) in [5.41, 5.74) is 5.60. The first-order chi connectivity index (χ1) is 6.07. The van der Waals surface area contributed by atoms with Crippen LogP contribution in [0.25, 0.3) is 0 Å². The summed E-state index contributed by atoms with van der Waals surface area (Å²) in [5, 5.41) is 36.0. The molecule has 0 heterocycles. The van der Waals surface area contributed by atoms with E-state index in [2.05, 4.69) is 0 Å². The second-order valence-corrected chi connectivity index (χ2v) is 2.66. The van der Waals surface area contributed by atoms with Crippen molar-refractivity contribution in [1.82, 2.24) is 0 Å². The summed E-state index contributed by atoms with van der Waals surface area (Å²) in [7, 11) is 0. The second-order valence-electron chi connectivity index (χ2n) is 2.66. The minimum Gasteiger partial charge on any atom is -0.504 e. The van der Waals surface area contributed by atoms with Gasteiger partial charge in [-0.1, -0.05) is 0 Å². The third-order valence-electron chi connectivity index (χ3n) is 1.76. The SMILES string of the molecule is Cl.N[C@@H](CO)c1ccc(O)c(O)c1O. The van der Waals surface area contributed by atoms with Gasteiger partial charge in [-0.25, -0.2) is 0 Å². The summed E-state index contributed by atoms with van der Waals surface area (Å²) in [6.45, 7) is -0.349. The Morgan fingerprint density at radius 1 is 1.14 bits per heavy atom. The van der Waals surface area contributed by atoms with E-state index in [-0.39, 0.29) is 24.6 Å². The Morgan fingerprint density at radius 2 is 1.71 bits per heavy atom. The van der Waals surface area contributed by atoms with Crippen LogP contribution in [0.5, 0.6) is 17.2 Å². The summed E-state index contributed by atoms with van der Waals surface area (Å²) >= 11 is 0. The van der Waals surface area contributed by atoms with Crippen molar-refractivity contribution >= 4 is 12.4 Å². The predicted octanol–water partition coefficient (Wildman–Crippen LogP) is 0.217. The zero-order chi connectivity index (χ0) is 10.0. The zero-order valence-corrected chi connectivity index (χ0v) is 8.03. The molecule has 6 heteroatoms. The van der Waals surface area contributed by atoms with E-state index in [0.717, 1.165) is 0 Å². The normalized spacial score (nSPS) is 11.9. The highest BCUT2D eigenvalue weighted by atomic mass is 35.5. The van der Waals surface area contributed by atoms with Gasteiger partial charge in [-0.2, -0.15) is 0 Å². The fraction of sp³-hybridized carbons (Fsp3) is 0.250. The van der Waals surface area contributed by atoms with Gasteiger partial charge >= 0.3 is 0 Å². The molecule has 6 N–H and O–H groups in total. The Labute approximate surface area is 86.8 Å². The molecule has 1 atom stereocenters. The van der Waals surface area contributed by atoms with Crippen molar-refractivity contribution in [1.29, 1.82) is 0 Å². The molecule has 1 aromatic carbocycles. The van der Waals surface area contributed by atoms with Gasteiger partial charge in [0.05, 0.1) is 12.6 Å². The Bertz CT molecular complexity index is 318. The number of hydrogen-bond acceptors (Lipinski definition) is 5. The van der Waals surface area contributed by atoms with Gasteiger partial charge in [-0.05, 0) is 12.1 Å². The maximum Gasteiger partial charge on any atom is 0.200 e. The van der Waals surface area contributed by atoms with E-state index in [4.69, 9.17) is 21.1 Å². The van der Waals surface area contributed by atoms with Crippen molar-refractivity contribution in [3.05, 3.63) is 17.7 Å². The molecule has 0 aliphatic carbocycles.